The third-order valence-corrected chi connectivity index (χ3v) is 4.83. The second-order valence-electron chi connectivity index (χ2n) is 6.79. The number of rotatable bonds is 4. The molecule has 0 aliphatic carbocycles. The molecule has 0 saturated carbocycles. The molecule has 0 spiro atoms. The van der Waals surface area contributed by atoms with Crippen LogP contribution in [-0.2, 0) is 6.54 Å². The molecule has 1 fully saturated rings. The Morgan fingerprint density at radius 2 is 1.89 bits per heavy atom. The van der Waals surface area contributed by atoms with E-state index in [2.05, 4.69) is 10.2 Å². The van der Waals surface area contributed by atoms with E-state index < -0.39 is 0 Å². The quantitative estimate of drug-likeness (QED) is 0.882. The van der Waals surface area contributed by atoms with Crippen LogP contribution in [0.15, 0.2) is 48.7 Å². The third kappa shape index (κ3) is 4.43. The number of carbonyl (C=O) groups is 1. The van der Waals surface area contributed by atoms with Gasteiger partial charge < -0.3 is 19.7 Å². The predicted octanol–water partition coefficient (Wildman–Crippen LogP) is 3.05. The molecule has 2 heterocycles. The normalized spacial score (nSPS) is 16.5. The van der Waals surface area contributed by atoms with Crippen LogP contribution in [0, 0.1) is 5.82 Å². The molecule has 2 aliphatic heterocycles. The zero-order valence-corrected chi connectivity index (χ0v) is 15.4. The first-order valence-corrected chi connectivity index (χ1v) is 9.26. The average Bonchev–Trinajstić information content (AvgIpc) is 3.16. The number of carbonyl (C=O) groups excluding carboxylic acids is 1. The van der Waals surface area contributed by atoms with Gasteiger partial charge in [-0.2, -0.15) is 0 Å². The molecule has 28 heavy (non-hydrogen) atoms. The van der Waals surface area contributed by atoms with Gasteiger partial charge in [0, 0.05) is 38.9 Å². The van der Waals surface area contributed by atoms with E-state index in [4.69, 9.17) is 9.47 Å². The number of piperazine rings is 1. The lowest BCUT2D eigenvalue weighted by Crippen LogP contribution is -2.50. The van der Waals surface area contributed by atoms with Crippen molar-refractivity contribution in [1.29, 1.82) is 0 Å². The molecular weight excluding hydrogens is 361 g/mol. The van der Waals surface area contributed by atoms with Crippen LogP contribution < -0.4 is 14.8 Å². The van der Waals surface area contributed by atoms with Crippen molar-refractivity contribution < 1.29 is 18.7 Å². The van der Waals surface area contributed by atoms with Crippen LogP contribution in [-0.4, -0.2) is 48.8 Å². The molecule has 0 radical (unpaired) electrons. The Morgan fingerprint density at radius 1 is 1.07 bits per heavy atom. The topological polar surface area (TPSA) is 54.0 Å². The van der Waals surface area contributed by atoms with Gasteiger partial charge in [0.15, 0.2) is 11.5 Å². The number of fused-ring (bicyclic) bond motifs is 1. The van der Waals surface area contributed by atoms with Gasteiger partial charge in [-0.3, -0.25) is 4.90 Å². The minimum atomic E-state index is -0.299. The molecule has 2 aromatic rings. The highest BCUT2D eigenvalue weighted by atomic mass is 19.1. The second-order valence-corrected chi connectivity index (χ2v) is 6.79. The van der Waals surface area contributed by atoms with Crippen LogP contribution in [0.25, 0.3) is 6.08 Å². The summed E-state index contributed by atoms with van der Waals surface area (Å²) in [7, 11) is 0. The molecule has 2 aromatic carbocycles. The highest BCUT2D eigenvalue weighted by Crippen LogP contribution is 2.32. The molecule has 2 aliphatic rings. The smallest absolute Gasteiger partial charge is 0.321 e. The first-order chi connectivity index (χ1) is 13.7. The molecule has 0 unspecified atom stereocenters. The largest absolute Gasteiger partial charge is 0.454 e. The molecule has 1 saturated heterocycles. The van der Waals surface area contributed by atoms with Crippen molar-refractivity contribution in [2.24, 2.45) is 0 Å². The average molecular weight is 383 g/mol. The summed E-state index contributed by atoms with van der Waals surface area (Å²) in [6.07, 6.45) is 3.23. The minimum absolute atomic E-state index is 0.143. The van der Waals surface area contributed by atoms with Crippen molar-refractivity contribution in [3.8, 4) is 11.5 Å². The van der Waals surface area contributed by atoms with Crippen molar-refractivity contribution >= 4 is 12.1 Å². The summed E-state index contributed by atoms with van der Waals surface area (Å²) in [4.78, 5) is 16.4. The monoisotopic (exact) mass is 383 g/mol. The standard InChI is InChI=1S/C21H22FN3O3/c22-18-3-1-2-16(12-18)6-7-23-21(26)25-10-8-24(9-11-25)14-17-4-5-19-20(13-17)28-15-27-19/h1-7,12-13H,8-11,14-15H2,(H,23,26)/b7-6+. The van der Waals surface area contributed by atoms with Crippen LogP contribution in [0.3, 0.4) is 0 Å². The fraction of sp³-hybridized carbons (Fsp3) is 0.286. The molecule has 2 amide bonds. The Morgan fingerprint density at radius 3 is 2.71 bits per heavy atom. The van der Waals surface area contributed by atoms with Crippen LogP contribution in [0.5, 0.6) is 11.5 Å². The number of amides is 2. The summed E-state index contributed by atoms with van der Waals surface area (Å²) >= 11 is 0. The Hall–Kier alpha value is -3.06. The van der Waals surface area contributed by atoms with E-state index in [0.717, 1.165) is 31.1 Å². The number of halogens is 1. The van der Waals surface area contributed by atoms with Crippen molar-refractivity contribution in [2.45, 2.75) is 6.54 Å². The van der Waals surface area contributed by atoms with Crippen molar-refractivity contribution in [3.05, 3.63) is 65.6 Å². The number of nitrogens with zero attached hydrogens (tertiary/aromatic N) is 2. The maximum absolute atomic E-state index is 13.2. The molecular formula is C21H22FN3O3. The van der Waals surface area contributed by atoms with E-state index in [1.807, 2.05) is 18.2 Å². The van der Waals surface area contributed by atoms with Gasteiger partial charge in [0.25, 0.3) is 0 Å². The van der Waals surface area contributed by atoms with Crippen molar-refractivity contribution in [2.75, 3.05) is 33.0 Å². The fourth-order valence-corrected chi connectivity index (χ4v) is 3.32. The summed E-state index contributed by atoms with van der Waals surface area (Å²) in [5, 5.41) is 2.75. The van der Waals surface area contributed by atoms with E-state index in [0.29, 0.717) is 18.7 Å². The molecule has 6 nitrogen and oxygen atoms in total. The molecule has 0 bridgehead atoms. The lowest BCUT2D eigenvalue weighted by atomic mass is 10.1. The summed E-state index contributed by atoms with van der Waals surface area (Å²) in [6, 6.07) is 12.1. The number of hydrogen-bond acceptors (Lipinski definition) is 4. The van der Waals surface area contributed by atoms with Gasteiger partial charge in [0.05, 0.1) is 0 Å². The second kappa shape index (κ2) is 8.31. The van der Waals surface area contributed by atoms with E-state index in [9.17, 15) is 9.18 Å². The van der Waals surface area contributed by atoms with Crippen LogP contribution in [0.1, 0.15) is 11.1 Å². The molecule has 146 valence electrons. The Kier molecular flexibility index (Phi) is 5.43. The SMILES string of the molecule is O=C(N/C=C/c1cccc(F)c1)N1CCN(Cc2ccc3c(c2)OCO3)CC1. The van der Waals surface area contributed by atoms with Gasteiger partial charge in [-0.1, -0.05) is 18.2 Å². The molecule has 4 rings (SSSR count). The minimum Gasteiger partial charge on any atom is -0.454 e. The molecule has 1 N–H and O–H groups in total. The van der Waals surface area contributed by atoms with Gasteiger partial charge in [-0.15, -0.1) is 0 Å². The third-order valence-electron chi connectivity index (χ3n) is 4.83. The first kappa shape index (κ1) is 18.3. The number of hydrogen-bond donors (Lipinski definition) is 1. The molecule has 0 atom stereocenters. The number of urea groups is 1. The first-order valence-electron chi connectivity index (χ1n) is 9.26. The number of benzene rings is 2. The van der Waals surface area contributed by atoms with E-state index in [1.165, 1.54) is 17.7 Å². The summed E-state index contributed by atoms with van der Waals surface area (Å²) in [5.74, 6) is 1.28. The summed E-state index contributed by atoms with van der Waals surface area (Å²) in [6.45, 7) is 4.01. The number of nitrogens with one attached hydrogen (secondary N) is 1. The van der Waals surface area contributed by atoms with Crippen LogP contribution in [0.2, 0.25) is 0 Å². The van der Waals surface area contributed by atoms with Gasteiger partial charge in [-0.25, -0.2) is 9.18 Å². The zero-order chi connectivity index (χ0) is 19.3. The predicted molar refractivity (Wildman–Crippen MR) is 103 cm³/mol. The Bertz CT molecular complexity index is 879. The van der Waals surface area contributed by atoms with E-state index in [1.54, 1.807) is 29.3 Å². The summed E-state index contributed by atoms with van der Waals surface area (Å²) in [5.41, 5.74) is 1.87. The van der Waals surface area contributed by atoms with Gasteiger partial charge in [0.1, 0.15) is 5.82 Å². The highest BCUT2D eigenvalue weighted by molar-refractivity contribution is 5.76. The van der Waals surface area contributed by atoms with E-state index in [-0.39, 0.29) is 18.6 Å². The van der Waals surface area contributed by atoms with Gasteiger partial charge >= 0.3 is 6.03 Å². The maximum Gasteiger partial charge on any atom is 0.321 e. The molecule has 7 heteroatoms. The highest BCUT2D eigenvalue weighted by Gasteiger charge is 2.21. The fourth-order valence-electron chi connectivity index (χ4n) is 3.32. The molecule has 0 aromatic heterocycles. The number of ether oxygens (including phenoxy) is 2. The summed E-state index contributed by atoms with van der Waals surface area (Å²) < 4.78 is 23.9. The maximum atomic E-state index is 13.2. The van der Waals surface area contributed by atoms with E-state index >= 15 is 0 Å². The van der Waals surface area contributed by atoms with Crippen molar-refractivity contribution in [1.82, 2.24) is 15.1 Å². The van der Waals surface area contributed by atoms with Crippen molar-refractivity contribution in [3.63, 3.8) is 0 Å². The Labute approximate surface area is 163 Å². The van der Waals surface area contributed by atoms with Gasteiger partial charge in [-0.05, 0) is 41.5 Å². The Balaban J connectivity index is 1.24. The van der Waals surface area contributed by atoms with Crippen LogP contribution >= 0.6 is 0 Å². The van der Waals surface area contributed by atoms with Gasteiger partial charge in [0.2, 0.25) is 6.79 Å². The zero-order valence-electron chi connectivity index (χ0n) is 15.4. The lowest BCUT2D eigenvalue weighted by molar-refractivity contribution is 0.137. The van der Waals surface area contributed by atoms with Crippen LogP contribution in [0.4, 0.5) is 9.18 Å². The lowest BCUT2D eigenvalue weighted by Gasteiger charge is -2.34.